The van der Waals surface area contributed by atoms with E-state index in [1.54, 1.807) is 18.2 Å². The number of ether oxygens (including phenoxy) is 1. The second kappa shape index (κ2) is 8.61. The van der Waals surface area contributed by atoms with Crippen molar-refractivity contribution in [1.82, 2.24) is 10.2 Å². The Kier molecular flexibility index (Phi) is 6.80. The SMILES string of the molecule is CNC[C@H]1CCN(C(=O)CCCOc2ccc(Cl)cc2Cl)C1. The van der Waals surface area contributed by atoms with Crippen LogP contribution in [0.3, 0.4) is 0 Å². The Bertz CT molecular complexity index is 511. The van der Waals surface area contributed by atoms with E-state index in [0.29, 0.717) is 41.2 Å². The number of nitrogens with zero attached hydrogens (tertiary/aromatic N) is 1. The Morgan fingerprint density at radius 3 is 3.00 bits per heavy atom. The molecule has 4 nitrogen and oxygen atoms in total. The van der Waals surface area contributed by atoms with Crippen molar-refractivity contribution >= 4 is 29.1 Å². The summed E-state index contributed by atoms with van der Waals surface area (Å²) in [4.78, 5) is 14.1. The molecule has 1 aromatic carbocycles. The maximum absolute atomic E-state index is 12.1. The Labute approximate surface area is 141 Å². The summed E-state index contributed by atoms with van der Waals surface area (Å²) in [6.45, 7) is 3.18. The van der Waals surface area contributed by atoms with Gasteiger partial charge in [-0.1, -0.05) is 23.2 Å². The van der Waals surface area contributed by atoms with Gasteiger partial charge < -0.3 is 15.0 Å². The van der Waals surface area contributed by atoms with Gasteiger partial charge in [-0.25, -0.2) is 0 Å². The van der Waals surface area contributed by atoms with Gasteiger partial charge in [0.2, 0.25) is 5.91 Å². The van der Waals surface area contributed by atoms with Crippen molar-refractivity contribution < 1.29 is 9.53 Å². The first-order valence-corrected chi connectivity index (χ1v) is 8.36. The molecule has 0 radical (unpaired) electrons. The van der Waals surface area contributed by atoms with E-state index in [1.807, 2.05) is 11.9 Å². The average molecular weight is 345 g/mol. The van der Waals surface area contributed by atoms with Crippen LogP contribution in [0.2, 0.25) is 10.0 Å². The fourth-order valence-corrected chi connectivity index (χ4v) is 3.13. The number of hydrogen-bond acceptors (Lipinski definition) is 3. The largest absolute Gasteiger partial charge is 0.492 e. The summed E-state index contributed by atoms with van der Waals surface area (Å²) in [5, 5.41) is 4.24. The lowest BCUT2D eigenvalue weighted by molar-refractivity contribution is -0.130. The third-order valence-corrected chi connectivity index (χ3v) is 4.35. The van der Waals surface area contributed by atoms with Crippen LogP contribution in [-0.2, 0) is 4.79 Å². The maximum Gasteiger partial charge on any atom is 0.222 e. The van der Waals surface area contributed by atoms with Gasteiger partial charge in [0.15, 0.2) is 0 Å². The first-order valence-electron chi connectivity index (χ1n) is 7.60. The molecule has 1 aliphatic rings. The molecule has 22 heavy (non-hydrogen) atoms. The number of hydrogen-bond donors (Lipinski definition) is 1. The molecular weight excluding hydrogens is 323 g/mol. The van der Waals surface area contributed by atoms with E-state index >= 15 is 0 Å². The van der Waals surface area contributed by atoms with Crippen LogP contribution in [0, 0.1) is 5.92 Å². The standard InChI is InChI=1S/C16H22Cl2N2O2/c1-19-10-12-6-7-20(11-12)16(21)3-2-8-22-15-5-4-13(17)9-14(15)18/h4-5,9,12,19H,2-3,6-8,10-11H2,1H3/t12-/m1/s1. The molecule has 1 atom stereocenters. The summed E-state index contributed by atoms with van der Waals surface area (Å²) in [6.07, 6.45) is 2.28. The Morgan fingerprint density at radius 2 is 2.27 bits per heavy atom. The zero-order chi connectivity index (χ0) is 15.9. The monoisotopic (exact) mass is 344 g/mol. The molecule has 0 unspecified atom stereocenters. The van der Waals surface area contributed by atoms with Crippen LogP contribution in [0.5, 0.6) is 5.75 Å². The Hall–Kier alpha value is -0.970. The molecule has 1 aliphatic heterocycles. The first-order chi connectivity index (χ1) is 10.6. The molecule has 0 aliphatic carbocycles. The van der Waals surface area contributed by atoms with Crippen LogP contribution >= 0.6 is 23.2 Å². The molecule has 2 rings (SSSR count). The van der Waals surface area contributed by atoms with Gasteiger partial charge in [0.05, 0.1) is 11.6 Å². The highest BCUT2D eigenvalue weighted by atomic mass is 35.5. The minimum atomic E-state index is 0.212. The van der Waals surface area contributed by atoms with E-state index < -0.39 is 0 Å². The fourth-order valence-electron chi connectivity index (χ4n) is 2.67. The molecule has 1 saturated heterocycles. The van der Waals surface area contributed by atoms with Crippen LogP contribution in [0.1, 0.15) is 19.3 Å². The molecule has 1 aromatic rings. The number of amides is 1. The van der Waals surface area contributed by atoms with Crippen LogP contribution in [0.4, 0.5) is 0 Å². The Morgan fingerprint density at radius 1 is 1.45 bits per heavy atom. The molecule has 1 fully saturated rings. The van der Waals surface area contributed by atoms with Gasteiger partial charge in [0.1, 0.15) is 5.75 Å². The van der Waals surface area contributed by atoms with Crippen LogP contribution < -0.4 is 10.1 Å². The van der Waals surface area contributed by atoms with Gasteiger partial charge in [0.25, 0.3) is 0 Å². The number of halogens is 2. The van der Waals surface area contributed by atoms with E-state index in [9.17, 15) is 4.79 Å². The molecule has 122 valence electrons. The molecule has 1 heterocycles. The van der Waals surface area contributed by atoms with Crippen molar-refractivity contribution in [2.45, 2.75) is 19.3 Å². The Balaban J connectivity index is 1.67. The second-order valence-electron chi connectivity index (χ2n) is 5.58. The third-order valence-electron chi connectivity index (χ3n) is 3.82. The van der Waals surface area contributed by atoms with Gasteiger partial charge in [-0.3, -0.25) is 4.79 Å². The zero-order valence-electron chi connectivity index (χ0n) is 12.8. The lowest BCUT2D eigenvalue weighted by atomic mass is 10.1. The van der Waals surface area contributed by atoms with Crippen molar-refractivity contribution in [2.24, 2.45) is 5.92 Å². The van der Waals surface area contributed by atoms with Crippen LogP contribution in [-0.4, -0.2) is 44.1 Å². The number of carbonyl (C=O) groups excluding carboxylic acids is 1. The highest BCUT2D eigenvalue weighted by Gasteiger charge is 2.25. The number of likely N-dealkylation sites (tertiary alicyclic amines) is 1. The zero-order valence-corrected chi connectivity index (χ0v) is 14.3. The minimum Gasteiger partial charge on any atom is -0.492 e. The molecule has 0 aromatic heterocycles. The van der Waals surface area contributed by atoms with Crippen molar-refractivity contribution in [1.29, 1.82) is 0 Å². The van der Waals surface area contributed by atoms with E-state index in [4.69, 9.17) is 27.9 Å². The number of nitrogens with one attached hydrogen (secondary N) is 1. The summed E-state index contributed by atoms with van der Waals surface area (Å²) in [6, 6.07) is 5.13. The van der Waals surface area contributed by atoms with Gasteiger partial charge in [-0.2, -0.15) is 0 Å². The lowest BCUT2D eigenvalue weighted by Gasteiger charge is -2.16. The number of rotatable bonds is 7. The molecule has 1 amide bonds. The maximum atomic E-state index is 12.1. The van der Waals surface area contributed by atoms with Crippen molar-refractivity contribution in [3.63, 3.8) is 0 Å². The second-order valence-corrected chi connectivity index (χ2v) is 6.42. The molecular formula is C16H22Cl2N2O2. The van der Waals surface area contributed by atoms with Gasteiger partial charge in [-0.15, -0.1) is 0 Å². The summed E-state index contributed by atoms with van der Waals surface area (Å²) in [5.41, 5.74) is 0. The molecule has 0 bridgehead atoms. The van der Waals surface area contributed by atoms with Crippen molar-refractivity contribution in [3.8, 4) is 5.75 Å². The summed E-state index contributed by atoms with van der Waals surface area (Å²) >= 11 is 11.9. The number of carbonyl (C=O) groups is 1. The third kappa shape index (κ3) is 5.04. The summed E-state index contributed by atoms with van der Waals surface area (Å²) < 4.78 is 5.59. The number of benzene rings is 1. The van der Waals surface area contributed by atoms with E-state index in [2.05, 4.69) is 5.32 Å². The average Bonchev–Trinajstić information content (AvgIpc) is 2.94. The van der Waals surface area contributed by atoms with Crippen molar-refractivity contribution in [3.05, 3.63) is 28.2 Å². The first kappa shape index (κ1) is 17.4. The highest BCUT2D eigenvalue weighted by molar-refractivity contribution is 6.35. The topological polar surface area (TPSA) is 41.6 Å². The predicted molar refractivity (Wildman–Crippen MR) is 89.8 cm³/mol. The van der Waals surface area contributed by atoms with Gasteiger partial charge in [0, 0.05) is 24.5 Å². The molecule has 0 spiro atoms. The van der Waals surface area contributed by atoms with Crippen molar-refractivity contribution in [2.75, 3.05) is 33.3 Å². The molecule has 0 saturated carbocycles. The van der Waals surface area contributed by atoms with E-state index in [1.165, 1.54) is 0 Å². The fraction of sp³-hybridized carbons (Fsp3) is 0.562. The lowest BCUT2D eigenvalue weighted by Crippen LogP contribution is -2.30. The van der Waals surface area contributed by atoms with Gasteiger partial charge in [-0.05, 0) is 50.6 Å². The van der Waals surface area contributed by atoms with E-state index in [0.717, 1.165) is 26.1 Å². The molecule has 6 heteroatoms. The minimum absolute atomic E-state index is 0.212. The van der Waals surface area contributed by atoms with Gasteiger partial charge >= 0.3 is 0 Å². The van der Waals surface area contributed by atoms with Crippen LogP contribution in [0.25, 0.3) is 0 Å². The van der Waals surface area contributed by atoms with Crippen LogP contribution in [0.15, 0.2) is 18.2 Å². The summed E-state index contributed by atoms with van der Waals surface area (Å²) in [7, 11) is 1.95. The summed E-state index contributed by atoms with van der Waals surface area (Å²) in [5.74, 6) is 1.40. The molecule has 1 N–H and O–H groups in total. The normalized spacial score (nSPS) is 17.8. The smallest absolute Gasteiger partial charge is 0.222 e. The van der Waals surface area contributed by atoms with E-state index in [-0.39, 0.29) is 5.91 Å². The highest BCUT2D eigenvalue weighted by Crippen LogP contribution is 2.27. The predicted octanol–water partition coefficient (Wildman–Crippen LogP) is 3.22. The quantitative estimate of drug-likeness (QED) is 0.772.